The summed E-state index contributed by atoms with van der Waals surface area (Å²) in [6.07, 6.45) is 0.752. The highest BCUT2D eigenvalue weighted by Crippen LogP contribution is 2.46. The average molecular weight is 353 g/mol. The van der Waals surface area contributed by atoms with Gasteiger partial charge in [0.25, 0.3) is 5.91 Å². The van der Waals surface area contributed by atoms with Crippen molar-refractivity contribution in [3.05, 3.63) is 39.6 Å². The van der Waals surface area contributed by atoms with Gasteiger partial charge in [-0.15, -0.1) is 0 Å². The number of aryl methyl sites for hydroxylation is 2. The Labute approximate surface area is 145 Å². The van der Waals surface area contributed by atoms with Crippen LogP contribution in [0.2, 0.25) is 5.02 Å². The van der Waals surface area contributed by atoms with Crippen LogP contribution in [0.15, 0.2) is 17.9 Å². The van der Waals surface area contributed by atoms with Crippen molar-refractivity contribution in [2.75, 3.05) is 20.2 Å². The zero-order valence-corrected chi connectivity index (χ0v) is 14.7. The zero-order chi connectivity index (χ0) is 17.6. The van der Waals surface area contributed by atoms with Crippen LogP contribution in [0.5, 0.6) is 0 Å². The molecule has 0 bridgehead atoms. The lowest BCUT2D eigenvalue weighted by Gasteiger charge is -2.41. The maximum absolute atomic E-state index is 12.9. The summed E-state index contributed by atoms with van der Waals surface area (Å²) >= 11 is 6.35. The second-order valence-electron chi connectivity index (χ2n) is 6.41. The number of amides is 1. The van der Waals surface area contributed by atoms with E-state index in [-0.39, 0.29) is 11.3 Å². The second-order valence-corrected chi connectivity index (χ2v) is 6.81. The molecule has 0 aromatic heterocycles. The number of aliphatic hydroxyl groups excluding tert-OH is 1. The number of nitrogens with zero attached hydrogens (tertiary/aromatic N) is 2. The third-order valence-corrected chi connectivity index (χ3v) is 5.38. The third-order valence-electron chi connectivity index (χ3n) is 5.07. The van der Waals surface area contributed by atoms with Crippen molar-refractivity contribution in [3.63, 3.8) is 0 Å². The van der Waals surface area contributed by atoms with Gasteiger partial charge >= 0.3 is 0 Å². The van der Waals surface area contributed by atoms with Gasteiger partial charge in [0, 0.05) is 23.7 Å². The van der Waals surface area contributed by atoms with Gasteiger partial charge in [-0.2, -0.15) is 5.06 Å². The van der Waals surface area contributed by atoms with E-state index in [1.165, 1.54) is 17.2 Å². The topological polar surface area (TPSA) is 73.2 Å². The second kappa shape index (κ2) is 6.04. The molecule has 0 saturated carbocycles. The van der Waals surface area contributed by atoms with Gasteiger partial charge in [-0.05, 0) is 49.9 Å². The average Bonchev–Trinajstić information content (AvgIpc) is 2.74. The first-order valence-electron chi connectivity index (χ1n) is 7.85. The quantitative estimate of drug-likeness (QED) is 0.856. The van der Waals surface area contributed by atoms with E-state index in [1.54, 1.807) is 6.07 Å². The minimum Gasteiger partial charge on any atom is -0.509 e. The number of hydrogen-bond donors (Lipinski definition) is 2. The van der Waals surface area contributed by atoms with Gasteiger partial charge in [0.15, 0.2) is 0 Å². The molecule has 1 amide bonds. The van der Waals surface area contributed by atoms with Crippen LogP contribution in [0.4, 0.5) is 0 Å². The molecule has 2 aliphatic rings. The number of halogens is 1. The molecule has 0 unspecified atom stereocenters. The van der Waals surface area contributed by atoms with Crippen molar-refractivity contribution in [2.24, 2.45) is 0 Å². The maximum Gasteiger partial charge on any atom is 0.282 e. The first-order valence-corrected chi connectivity index (χ1v) is 8.23. The van der Waals surface area contributed by atoms with E-state index < -0.39 is 11.4 Å². The van der Waals surface area contributed by atoms with Gasteiger partial charge in [-0.1, -0.05) is 11.6 Å². The van der Waals surface area contributed by atoms with E-state index in [0.29, 0.717) is 36.5 Å². The minimum absolute atomic E-state index is 0.0346. The van der Waals surface area contributed by atoms with E-state index in [1.807, 2.05) is 19.9 Å². The summed E-state index contributed by atoms with van der Waals surface area (Å²) in [5.74, 6) is -0.445. The first kappa shape index (κ1) is 17.2. The van der Waals surface area contributed by atoms with Crippen LogP contribution in [0.3, 0.4) is 0 Å². The zero-order valence-electron chi connectivity index (χ0n) is 14.0. The molecule has 2 aliphatic heterocycles. The number of carbonyl (C=O) groups is 1. The monoisotopic (exact) mass is 352 g/mol. The van der Waals surface area contributed by atoms with Crippen LogP contribution in [0.1, 0.15) is 29.5 Å². The Hall–Kier alpha value is -1.60. The van der Waals surface area contributed by atoms with E-state index in [0.717, 1.165) is 11.1 Å². The van der Waals surface area contributed by atoms with Crippen LogP contribution >= 0.6 is 11.6 Å². The molecule has 7 heteroatoms. The molecule has 1 aromatic carbocycles. The summed E-state index contributed by atoms with van der Waals surface area (Å²) in [5.41, 5.74) is 1.73. The number of aliphatic hydroxyl groups is 1. The number of hydrogen-bond acceptors (Lipinski definition) is 5. The van der Waals surface area contributed by atoms with E-state index in [4.69, 9.17) is 16.4 Å². The van der Waals surface area contributed by atoms with Crippen LogP contribution in [0.25, 0.3) is 5.57 Å². The fourth-order valence-corrected chi connectivity index (χ4v) is 3.82. The van der Waals surface area contributed by atoms with Crippen molar-refractivity contribution in [1.82, 2.24) is 10.1 Å². The van der Waals surface area contributed by atoms with E-state index in [2.05, 4.69) is 0 Å². The van der Waals surface area contributed by atoms with Crippen molar-refractivity contribution >= 4 is 23.1 Å². The molecule has 1 saturated heterocycles. The van der Waals surface area contributed by atoms with Crippen LogP contribution in [-0.4, -0.2) is 52.1 Å². The Bertz CT molecular complexity index is 724. The fraction of sp³-hybridized carbons (Fsp3) is 0.471. The molecule has 0 aliphatic carbocycles. The number of rotatable bonds is 2. The molecular formula is C17H21ClN2O4. The summed E-state index contributed by atoms with van der Waals surface area (Å²) in [6, 6.07) is 3.60. The number of carbonyl (C=O) groups excluding carboxylic acids is 1. The molecule has 2 heterocycles. The first-order chi connectivity index (χ1) is 11.3. The summed E-state index contributed by atoms with van der Waals surface area (Å²) < 4.78 is 0. The molecule has 1 fully saturated rings. The maximum atomic E-state index is 12.9. The van der Waals surface area contributed by atoms with Crippen molar-refractivity contribution in [2.45, 2.75) is 32.2 Å². The van der Waals surface area contributed by atoms with Crippen LogP contribution < -0.4 is 0 Å². The molecule has 24 heavy (non-hydrogen) atoms. The van der Waals surface area contributed by atoms with E-state index in [9.17, 15) is 15.1 Å². The normalized spacial score (nSPS) is 21.2. The summed E-state index contributed by atoms with van der Waals surface area (Å²) in [4.78, 5) is 18.2. The van der Waals surface area contributed by atoms with Gasteiger partial charge in [-0.3, -0.25) is 9.63 Å². The van der Waals surface area contributed by atoms with Crippen LogP contribution in [-0.2, 0) is 9.63 Å². The molecule has 1 aromatic rings. The number of hydroxylamine groups is 4. The molecule has 0 atom stereocenters. The Morgan fingerprint density at radius 1 is 1.21 bits per heavy atom. The fourth-order valence-electron chi connectivity index (χ4n) is 3.50. The smallest absolute Gasteiger partial charge is 0.282 e. The number of benzene rings is 1. The Kier molecular flexibility index (Phi) is 4.34. The third kappa shape index (κ3) is 2.41. The lowest BCUT2D eigenvalue weighted by Crippen LogP contribution is -2.54. The standard InChI is InChI=1S/C17H21ClN2O4/c1-10-8-12(13(18)9-11(10)2)14-15(21)17(20(24-3)16(14)22)4-6-19(23)7-5-17/h8-9,21,23H,4-7H2,1-3H3. The van der Waals surface area contributed by atoms with Crippen molar-refractivity contribution in [1.29, 1.82) is 0 Å². The van der Waals surface area contributed by atoms with Crippen molar-refractivity contribution < 1.29 is 19.9 Å². The van der Waals surface area contributed by atoms with Crippen molar-refractivity contribution in [3.8, 4) is 0 Å². The highest BCUT2D eigenvalue weighted by molar-refractivity contribution is 6.35. The lowest BCUT2D eigenvalue weighted by atomic mass is 9.86. The predicted molar refractivity (Wildman–Crippen MR) is 89.7 cm³/mol. The van der Waals surface area contributed by atoms with Gasteiger partial charge in [0.2, 0.25) is 0 Å². The summed E-state index contributed by atoms with van der Waals surface area (Å²) in [6.45, 7) is 4.55. The highest BCUT2D eigenvalue weighted by atomic mass is 35.5. The van der Waals surface area contributed by atoms with E-state index >= 15 is 0 Å². The largest absolute Gasteiger partial charge is 0.509 e. The summed E-state index contributed by atoms with van der Waals surface area (Å²) in [5, 5.41) is 23.4. The molecule has 130 valence electrons. The minimum atomic E-state index is -0.956. The Morgan fingerprint density at radius 2 is 1.79 bits per heavy atom. The highest BCUT2D eigenvalue weighted by Gasteiger charge is 2.54. The summed E-state index contributed by atoms with van der Waals surface area (Å²) in [7, 11) is 1.41. The Balaban J connectivity index is 2.15. The molecule has 2 N–H and O–H groups in total. The van der Waals surface area contributed by atoms with Gasteiger partial charge in [-0.25, -0.2) is 5.06 Å². The molecular weight excluding hydrogens is 332 g/mol. The molecule has 0 radical (unpaired) electrons. The van der Waals surface area contributed by atoms with Gasteiger partial charge in [0.05, 0.1) is 12.7 Å². The van der Waals surface area contributed by atoms with Crippen LogP contribution in [0, 0.1) is 13.8 Å². The van der Waals surface area contributed by atoms with Gasteiger partial charge < -0.3 is 10.3 Å². The predicted octanol–water partition coefficient (Wildman–Crippen LogP) is 2.85. The molecule has 6 nitrogen and oxygen atoms in total. The Morgan fingerprint density at radius 3 is 2.38 bits per heavy atom. The SMILES string of the molecule is CON1C(=O)C(c2cc(C)c(C)cc2Cl)=C(O)C12CCN(O)CC2. The molecule has 3 rings (SSSR count). The lowest BCUT2D eigenvalue weighted by molar-refractivity contribution is -0.215. The van der Waals surface area contributed by atoms with Gasteiger partial charge in [0.1, 0.15) is 11.3 Å². The molecule has 1 spiro atoms. The number of piperidine rings is 1.